The predicted octanol–water partition coefficient (Wildman–Crippen LogP) is 4.50. The Labute approximate surface area is 205 Å². The largest absolute Gasteiger partial charge is 0.489 e. The third kappa shape index (κ3) is 4.51. The van der Waals surface area contributed by atoms with E-state index in [-0.39, 0.29) is 6.10 Å². The number of fused-ring (bicyclic) bond motifs is 1. The molecule has 7 nitrogen and oxygen atoms in total. The van der Waals surface area contributed by atoms with Crippen LogP contribution in [0.25, 0.3) is 22.0 Å². The number of nitrogens with one attached hydrogen (secondary N) is 1. The van der Waals surface area contributed by atoms with Crippen LogP contribution in [0, 0.1) is 6.07 Å². The minimum Gasteiger partial charge on any atom is -0.489 e. The fourth-order valence-electron chi connectivity index (χ4n) is 5.04. The number of aromatic nitrogens is 2. The van der Waals surface area contributed by atoms with Crippen molar-refractivity contribution in [3.63, 3.8) is 0 Å². The lowest BCUT2D eigenvalue weighted by Crippen LogP contribution is -2.46. The molecule has 7 heteroatoms. The van der Waals surface area contributed by atoms with Crippen LogP contribution >= 0.6 is 0 Å². The Kier molecular flexibility index (Phi) is 5.92. The highest BCUT2D eigenvalue weighted by atomic mass is 16.5. The predicted molar refractivity (Wildman–Crippen MR) is 140 cm³/mol. The topological polar surface area (TPSA) is 79.6 Å². The first-order valence-corrected chi connectivity index (χ1v) is 12.3. The summed E-state index contributed by atoms with van der Waals surface area (Å²) in [4.78, 5) is 4.85. The maximum atomic E-state index is 6.43. The van der Waals surface area contributed by atoms with E-state index >= 15 is 0 Å². The number of nitrogen functional groups attached to an aromatic ring is 1. The van der Waals surface area contributed by atoms with Gasteiger partial charge in [-0.1, -0.05) is 30.3 Å². The fraction of sp³-hybridized carbons (Fsp3) is 0.321. The van der Waals surface area contributed by atoms with Crippen LogP contribution < -0.4 is 20.3 Å². The van der Waals surface area contributed by atoms with Crippen molar-refractivity contribution >= 4 is 28.1 Å². The van der Waals surface area contributed by atoms with Crippen LogP contribution in [0.3, 0.4) is 0 Å². The van der Waals surface area contributed by atoms with E-state index in [2.05, 4.69) is 80.7 Å². The van der Waals surface area contributed by atoms with Crippen LogP contribution in [-0.4, -0.2) is 55.7 Å². The molecule has 2 aliphatic heterocycles. The SMILES string of the molecule is Nc1n[nH]c2cc(-c3cc[c]c(N4CCN(c5ccccc5)CC4)c3)cc(OC3CCOCC3)c12. The van der Waals surface area contributed by atoms with Crippen molar-refractivity contribution < 1.29 is 9.47 Å². The lowest BCUT2D eigenvalue weighted by atomic mass is 10.0. The molecule has 3 aromatic carbocycles. The average molecular weight is 469 g/mol. The molecular formula is C28H30N5O2. The van der Waals surface area contributed by atoms with Crippen LogP contribution in [0.4, 0.5) is 17.2 Å². The molecule has 0 spiro atoms. The van der Waals surface area contributed by atoms with Gasteiger partial charge >= 0.3 is 0 Å². The first-order valence-electron chi connectivity index (χ1n) is 12.3. The highest BCUT2D eigenvalue weighted by Crippen LogP contribution is 2.37. The average Bonchev–Trinajstić information content (AvgIpc) is 3.31. The van der Waals surface area contributed by atoms with Crippen molar-refractivity contribution in [3.05, 3.63) is 66.7 Å². The van der Waals surface area contributed by atoms with Gasteiger partial charge in [0, 0.05) is 56.5 Å². The number of aromatic amines is 1. The van der Waals surface area contributed by atoms with Gasteiger partial charge in [0.2, 0.25) is 0 Å². The Morgan fingerprint density at radius 2 is 1.71 bits per heavy atom. The van der Waals surface area contributed by atoms with Gasteiger partial charge in [0.15, 0.2) is 5.82 Å². The number of hydrogen-bond donors (Lipinski definition) is 2. The van der Waals surface area contributed by atoms with Gasteiger partial charge in [-0.3, -0.25) is 5.10 Å². The lowest BCUT2D eigenvalue weighted by Gasteiger charge is -2.37. The number of hydrogen-bond acceptors (Lipinski definition) is 6. The standard InChI is InChI=1S/C28H30N5O2/c29-28-27-25(30-31-28)18-21(19-26(27)35-24-9-15-34-16-10-24)20-5-4-8-23(17-20)33-13-11-32(12-14-33)22-6-2-1-3-7-22/h1-7,17-19,24H,9-16H2,(H3,29,30,31). The van der Waals surface area contributed by atoms with Gasteiger partial charge in [-0.2, -0.15) is 5.10 Å². The van der Waals surface area contributed by atoms with E-state index in [4.69, 9.17) is 15.2 Å². The van der Waals surface area contributed by atoms with Crippen LogP contribution in [-0.2, 0) is 4.74 Å². The summed E-state index contributed by atoms with van der Waals surface area (Å²) in [6.07, 6.45) is 1.88. The lowest BCUT2D eigenvalue weighted by molar-refractivity contribution is 0.0262. The second-order valence-electron chi connectivity index (χ2n) is 9.21. The molecule has 2 saturated heterocycles. The van der Waals surface area contributed by atoms with Crippen molar-refractivity contribution in [1.29, 1.82) is 0 Å². The van der Waals surface area contributed by atoms with E-state index < -0.39 is 0 Å². The van der Waals surface area contributed by atoms with Crippen LogP contribution in [0.15, 0.2) is 60.7 Å². The Balaban J connectivity index is 1.25. The molecule has 2 fully saturated rings. The van der Waals surface area contributed by atoms with E-state index in [9.17, 15) is 0 Å². The molecule has 179 valence electrons. The highest BCUT2D eigenvalue weighted by Gasteiger charge is 2.21. The molecule has 2 aliphatic rings. The molecule has 1 radical (unpaired) electrons. The summed E-state index contributed by atoms with van der Waals surface area (Å²) in [7, 11) is 0. The number of piperazine rings is 1. The Bertz CT molecular complexity index is 1290. The van der Waals surface area contributed by atoms with E-state index in [0.717, 1.165) is 85.7 Å². The van der Waals surface area contributed by atoms with E-state index in [0.29, 0.717) is 5.82 Å². The molecule has 3 N–H and O–H groups in total. The number of H-pyrrole nitrogens is 1. The Morgan fingerprint density at radius 1 is 0.943 bits per heavy atom. The van der Waals surface area contributed by atoms with Gasteiger partial charge in [0.1, 0.15) is 11.9 Å². The summed E-state index contributed by atoms with van der Waals surface area (Å²) in [5, 5.41) is 8.15. The monoisotopic (exact) mass is 468 g/mol. The smallest absolute Gasteiger partial charge is 0.156 e. The van der Waals surface area contributed by atoms with Gasteiger partial charge in [-0.05, 0) is 41.5 Å². The zero-order chi connectivity index (χ0) is 23.6. The normalized spacial score (nSPS) is 17.1. The zero-order valence-corrected chi connectivity index (χ0v) is 19.7. The van der Waals surface area contributed by atoms with Crippen LogP contribution in [0.2, 0.25) is 0 Å². The van der Waals surface area contributed by atoms with Gasteiger partial charge in [0.25, 0.3) is 0 Å². The molecule has 0 bridgehead atoms. The van der Waals surface area contributed by atoms with E-state index in [1.165, 1.54) is 5.69 Å². The molecule has 0 aliphatic carbocycles. The van der Waals surface area contributed by atoms with Crippen molar-refractivity contribution in [2.24, 2.45) is 0 Å². The van der Waals surface area contributed by atoms with Gasteiger partial charge < -0.3 is 25.0 Å². The molecule has 6 rings (SSSR count). The maximum Gasteiger partial charge on any atom is 0.156 e. The van der Waals surface area contributed by atoms with Gasteiger partial charge in [0.05, 0.1) is 24.1 Å². The van der Waals surface area contributed by atoms with Crippen LogP contribution in [0.5, 0.6) is 5.75 Å². The van der Waals surface area contributed by atoms with Crippen molar-refractivity contribution in [3.8, 4) is 16.9 Å². The molecule has 35 heavy (non-hydrogen) atoms. The Hall–Kier alpha value is -3.71. The van der Waals surface area contributed by atoms with Gasteiger partial charge in [-0.25, -0.2) is 0 Å². The zero-order valence-electron chi connectivity index (χ0n) is 19.7. The molecule has 1 aromatic heterocycles. The summed E-state index contributed by atoms with van der Waals surface area (Å²) >= 11 is 0. The Morgan fingerprint density at radius 3 is 2.51 bits per heavy atom. The van der Waals surface area contributed by atoms with E-state index in [1.807, 2.05) is 6.07 Å². The first-order chi connectivity index (χ1) is 17.2. The highest BCUT2D eigenvalue weighted by molar-refractivity contribution is 5.97. The number of benzene rings is 3. The molecule has 0 saturated carbocycles. The summed E-state index contributed by atoms with van der Waals surface area (Å²) in [6, 6.07) is 24.6. The molecule has 0 amide bonds. The molecule has 0 unspecified atom stereocenters. The molecule has 3 heterocycles. The number of nitrogens with zero attached hydrogens (tertiary/aromatic N) is 3. The number of para-hydroxylation sites is 1. The second kappa shape index (κ2) is 9.50. The first kappa shape index (κ1) is 21.8. The number of nitrogens with two attached hydrogens (primary N) is 1. The van der Waals surface area contributed by atoms with E-state index in [1.54, 1.807) is 0 Å². The van der Waals surface area contributed by atoms with Crippen LogP contribution in [0.1, 0.15) is 12.8 Å². The maximum absolute atomic E-state index is 6.43. The van der Waals surface area contributed by atoms with Crippen molar-refractivity contribution in [2.75, 3.05) is 54.9 Å². The molecule has 0 atom stereocenters. The molecular weight excluding hydrogens is 438 g/mol. The quantitative estimate of drug-likeness (QED) is 0.449. The summed E-state index contributed by atoms with van der Waals surface area (Å²) in [6.45, 7) is 5.36. The minimum absolute atomic E-state index is 0.122. The van der Waals surface area contributed by atoms with Crippen molar-refractivity contribution in [1.82, 2.24) is 10.2 Å². The summed E-state index contributed by atoms with van der Waals surface area (Å²) in [5.74, 6) is 1.24. The third-order valence-electron chi connectivity index (χ3n) is 6.98. The number of anilines is 3. The van der Waals surface area contributed by atoms with Gasteiger partial charge in [-0.15, -0.1) is 0 Å². The minimum atomic E-state index is 0.122. The van der Waals surface area contributed by atoms with Crippen molar-refractivity contribution in [2.45, 2.75) is 18.9 Å². The summed E-state index contributed by atoms with van der Waals surface area (Å²) in [5.41, 5.74) is 11.7. The third-order valence-corrected chi connectivity index (χ3v) is 6.98. The summed E-state index contributed by atoms with van der Waals surface area (Å²) < 4.78 is 11.9. The second-order valence-corrected chi connectivity index (χ2v) is 9.21. The molecule has 4 aromatic rings. The number of rotatable bonds is 5. The fourth-order valence-corrected chi connectivity index (χ4v) is 5.04. The number of ether oxygens (including phenoxy) is 2.